The Morgan fingerprint density at radius 3 is 2.33 bits per heavy atom. The highest BCUT2D eigenvalue weighted by molar-refractivity contribution is 5.95. The maximum absolute atomic E-state index is 13.9. The second-order valence-electron chi connectivity index (χ2n) is 7.69. The molecule has 1 aliphatic heterocycles. The molecule has 1 heterocycles. The minimum Gasteiger partial charge on any atom is -0.465 e. The van der Waals surface area contributed by atoms with Gasteiger partial charge in [0.2, 0.25) is 0 Å². The van der Waals surface area contributed by atoms with Crippen molar-refractivity contribution in [2.24, 2.45) is 5.92 Å². The van der Waals surface area contributed by atoms with E-state index in [1.165, 1.54) is 24.2 Å². The molecule has 0 N–H and O–H groups in total. The van der Waals surface area contributed by atoms with Gasteiger partial charge in [-0.15, -0.1) is 0 Å². The summed E-state index contributed by atoms with van der Waals surface area (Å²) in [4.78, 5) is 26.0. The van der Waals surface area contributed by atoms with E-state index >= 15 is 0 Å². The van der Waals surface area contributed by atoms with Gasteiger partial charge in [0.05, 0.1) is 23.7 Å². The van der Waals surface area contributed by atoms with Crippen molar-refractivity contribution in [1.29, 1.82) is 0 Å². The number of carbonyl (C=O) groups is 2. The number of halogens is 4. The lowest BCUT2D eigenvalue weighted by Gasteiger charge is -2.31. The molecule has 0 atom stereocenters. The summed E-state index contributed by atoms with van der Waals surface area (Å²) in [5, 5.41) is 0. The summed E-state index contributed by atoms with van der Waals surface area (Å²) >= 11 is 0. The highest BCUT2D eigenvalue weighted by atomic mass is 19.4. The van der Waals surface area contributed by atoms with E-state index in [9.17, 15) is 27.2 Å². The molecular formula is C22H29F4NO3. The third-order valence-electron chi connectivity index (χ3n) is 5.38. The molecule has 1 saturated heterocycles. The number of benzene rings is 1. The van der Waals surface area contributed by atoms with Crippen molar-refractivity contribution in [3.8, 4) is 0 Å². The van der Waals surface area contributed by atoms with Crippen LogP contribution in [-0.2, 0) is 15.7 Å². The molecule has 1 aromatic carbocycles. The number of alkyl halides is 3. The van der Waals surface area contributed by atoms with Crippen LogP contribution in [-0.4, -0.2) is 36.5 Å². The zero-order valence-corrected chi connectivity index (χ0v) is 17.3. The Hall–Kier alpha value is -2.12. The minimum absolute atomic E-state index is 0.172. The van der Waals surface area contributed by atoms with E-state index < -0.39 is 29.0 Å². The van der Waals surface area contributed by atoms with Gasteiger partial charge in [0.1, 0.15) is 5.82 Å². The third kappa shape index (κ3) is 6.99. The molecule has 8 heteroatoms. The number of unbranched alkanes of at least 4 members (excludes halogenated alkanes) is 5. The van der Waals surface area contributed by atoms with Crippen LogP contribution in [0.2, 0.25) is 0 Å². The number of amides is 1. The normalized spacial score (nSPS) is 15.3. The van der Waals surface area contributed by atoms with Crippen molar-refractivity contribution in [2.45, 2.75) is 64.5 Å². The van der Waals surface area contributed by atoms with Gasteiger partial charge in [-0.3, -0.25) is 9.59 Å². The molecule has 0 bridgehead atoms. The molecule has 0 unspecified atom stereocenters. The molecule has 1 amide bonds. The zero-order valence-electron chi connectivity index (χ0n) is 17.3. The van der Waals surface area contributed by atoms with E-state index in [1.807, 2.05) is 0 Å². The number of likely N-dealkylation sites (tertiary alicyclic amines) is 1. The standard InChI is InChI=1S/C22H29F4NO3/c1-2-3-4-5-6-7-14-30-21(29)16-10-12-27(13-11-16)20(28)18-15-17(22(24,25)26)8-9-19(18)23/h8-9,15-16H,2-7,10-14H2,1H3. The Morgan fingerprint density at radius 1 is 1.07 bits per heavy atom. The summed E-state index contributed by atoms with van der Waals surface area (Å²) in [7, 11) is 0. The lowest BCUT2D eigenvalue weighted by atomic mass is 9.96. The molecule has 30 heavy (non-hydrogen) atoms. The molecule has 0 aliphatic carbocycles. The van der Waals surface area contributed by atoms with Crippen LogP contribution in [0, 0.1) is 11.7 Å². The lowest BCUT2D eigenvalue weighted by Crippen LogP contribution is -2.41. The lowest BCUT2D eigenvalue weighted by molar-refractivity contribution is -0.150. The Morgan fingerprint density at radius 2 is 1.70 bits per heavy atom. The molecule has 2 rings (SSSR count). The van der Waals surface area contributed by atoms with E-state index in [-0.39, 0.29) is 25.0 Å². The fourth-order valence-electron chi connectivity index (χ4n) is 3.53. The van der Waals surface area contributed by atoms with Crippen molar-refractivity contribution in [2.75, 3.05) is 19.7 Å². The van der Waals surface area contributed by atoms with Gasteiger partial charge in [0.15, 0.2) is 0 Å². The summed E-state index contributed by atoms with van der Waals surface area (Å²) in [5.74, 6) is -2.44. The monoisotopic (exact) mass is 431 g/mol. The molecule has 1 fully saturated rings. The number of piperidine rings is 1. The summed E-state index contributed by atoms with van der Waals surface area (Å²) in [6, 6.07) is 1.80. The van der Waals surface area contributed by atoms with E-state index in [0.29, 0.717) is 37.6 Å². The van der Waals surface area contributed by atoms with Gasteiger partial charge in [-0.25, -0.2) is 4.39 Å². The highest BCUT2D eigenvalue weighted by Gasteiger charge is 2.34. The molecule has 0 aromatic heterocycles. The van der Waals surface area contributed by atoms with Crippen LogP contribution in [0.1, 0.15) is 74.2 Å². The van der Waals surface area contributed by atoms with Crippen LogP contribution in [0.25, 0.3) is 0 Å². The van der Waals surface area contributed by atoms with Crippen molar-refractivity contribution in [3.05, 3.63) is 35.1 Å². The van der Waals surface area contributed by atoms with Crippen LogP contribution in [0.5, 0.6) is 0 Å². The number of carbonyl (C=O) groups excluding carboxylic acids is 2. The molecule has 0 spiro atoms. The average Bonchev–Trinajstić information content (AvgIpc) is 2.72. The molecule has 1 aromatic rings. The second kappa shape index (κ2) is 11.3. The van der Waals surface area contributed by atoms with Gasteiger partial charge in [-0.2, -0.15) is 13.2 Å². The summed E-state index contributed by atoms with van der Waals surface area (Å²) in [6.07, 6.45) is 2.57. The number of esters is 1. The van der Waals surface area contributed by atoms with E-state index in [2.05, 4.69) is 6.92 Å². The average molecular weight is 431 g/mol. The topological polar surface area (TPSA) is 46.6 Å². The van der Waals surface area contributed by atoms with Crippen LogP contribution in [0.15, 0.2) is 18.2 Å². The van der Waals surface area contributed by atoms with Crippen LogP contribution in [0.3, 0.4) is 0 Å². The molecule has 4 nitrogen and oxygen atoms in total. The number of ether oxygens (including phenoxy) is 1. The van der Waals surface area contributed by atoms with Gasteiger partial charge in [-0.05, 0) is 37.5 Å². The highest BCUT2D eigenvalue weighted by Crippen LogP contribution is 2.31. The first kappa shape index (κ1) is 24.2. The number of nitrogens with zero attached hydrogens (tertiary/aromatic N) is 1. The van der Waals surface area contributed by atoms with Gasteiger partial charge < -0.3 is 9.64 Å². The van der Waals surface area contributed by atoms with E-state index in [1.54, 1.807) is 0 Å². The molecule has 1 aliphatic rings. The Balaban J connectivity index is 1.80. The molecular weight excluding hydrogens is 402 g/mol. The predicted molar refractivity (Wildman–Crippen MR) is 104 cm³/mol. The van der Waals surface area contributed by atoms with E-state index in [4.69, 9.17) is 4.74 Å². The Labute approximate surface area is 174 Å². The predicted octanol–water partition coefficient (Wildman–Crippen LogP) is 5.60. The minimum atomic E-state index is -4.66. The summed E-state index contributed by atoms with van der Waals surface area (Å²) in [6.45, 7) is 2.87. The number of rotatable bonds is 9. The molecule has 168 valence electrons. The third-order valence-corrected chi connectivity index (χ3v) is 5.38. The van der Waals surface area contributed by atoms with E-state index in [0.717, 1.165) is 19.3 Å². The van der Waals surface area contributed by atoms with Gasteiger partial charge in [0.25, 0.3) is 5.91 Å². The fraction of sp³-hybridized carbons (Fsp3) is 0.636. The van der Waals surface area contributed by atoms with Crippen molar-refractivity contribution in [1.82, 2.24) is 4.90 Å². The largest absolute Gasteiger partial charge is 0.465 e. The first-order chi connectivity index (χ1) is 14.2. The first-order valence-electron chi connectivity index (χ1n) is 10.6. The summed E-state index contributed by atoms with van der Waals surface area (Å²) in [5.41, 5.74) is -1.67. The Kier molecular flexibility index (Phi) is 9.11. The number of hydrogen-bond donors (Lipinski definition) is 0. The molecule has 0 radical (unpaired) electrons. The van der Waals surface area contributed by atoms with Gasteiger partial charge in [-0.1, -0.05) is 39.0 Å². The van der Waals surface area contributed by atoms with Crippen molar-refractivity contribution in [3.63, 3.8) is 0 Å². The van der Waals surface area contributed by atoms with Gasteiger partial charge >= 0.3 is 12.1 Å². The number of hydrogen-bond acceptors (Lipinski definition) is 3. The Bertz CT molecular complexity index is 713. The second-order valence-corrected chi connectivity index (χ2v) is 7.69. The summed E-state index contributed by atoms with van der Waals surface area (Å²) < 4.78 is 57.8. The SMILES string of the molecule is CCCCCCCCOC(=O)C1CCN(C(=O)c2cc(C(F)(F)F)ccc2F)CC1. The first-order valence-corrected chi connectivity index (χ1v) is 10.6. The maximum atomic E-state index is 13.9. The maximum Gasteiger partial charge on any atom is 0.416 e. The van der Waals surface area contributed by atoms with Crippen LogP contribution in [0.4, 0.5) is 17.6 Å². The zero-order chi connectivity index (χ0) is 22.1. The van der Waals surface area contributed by atoms with Crippen molar-refractivity contribution >= 4 is 11.9 Å². The smallest absolute Gasteiger partial charge is 0.416 e. The molecule has 0 saturated carbocycles. The quantitative estimate of drug-likeness (QED) is 0.290. The van der Waals surface area contributed by atoms with Crippen molar-refractivity contribution < 1.29 is 31.9 Å². The van der Waals surface area contributed by atoms with Crippen LogP contribution >= 0.6 is 0 Å². The fourth-order valence-corrected chi connectivity index (χ4v) is 3.53. The van der Waals surface area contributed by atoms with Crippen LogP contribution < -0.4 is 0 Å². The van der Waals surface area contributed by atoms with Gasteiger partial charge in [0, 0.05) is 13.1 Å².